The predicted molar refractivity (Wildman–Crippen MR) is 115 cm³/mol. The number of carbonyl (C=O) groups excluding carboxylic acids is 1. The van der Waals surface area contributed by atoms with Gasteiger partial charge in [-0.1, -0.05) is 11.3 Å². The third-order valence-corrected chi connectivity index (χ3v) is 5.86. The number of thiol groups is 1. The molecule has 3 heterocycles. The molecule has 0 radical (unpaired) electrons. The highest BCUT2D eigenvalue weighted by Gasteiger charge is 2.28. The molecule has 0 bridgehead atoms. The number of amides is 1. The number of hydrogen-bond acceptors (Lipinski definition) is 10. The molecule has 10 nitrogen and oxygen atoms in total. The molecule has 1 aliphatic rings. The summed E-state index contributed by atoms with van der Waals surface area (Å²) in [6, 6.07) is 1.72. The zero-order chi connectivity index (χ0) is 21.7. The van der Waals surface area contributed by atoms with Gasteiger partial charge in [-0.15, -0.1) is 10.2 Å². The highest BCUT2D eigenvalue weighted by Crippen LogP contribution is 2.37. The van der Waals surface area contributed by atoms with Gasteiger partial charge < -0.3 is 24.8 Å². The van der Waals surface area contributed by atoms with Gasteiger partial charge in [-0.2, -0.15) is 17.6 Å². The second-order valence-corrected chi connectivity index (χ2v) is 8.03. The zero-order valence-corrected chi connectivity index (χ0v) is 18.3. The van der Waals surface area contributed by atoms with Gasteiger partial charge >= 0.3 is 5.97 Å². The number of rotatable bonds is 9. The third-order valence-electron chi connectivity index (χ3n) is 4.63. The van der Waals surface area contributed by atoms with Crippen LogP contribution < -0.4 is 10.1 Å². The highest BCUT2D eigenvalue weighted by atomic mass is 32.1. The van der Waals surface area contributed by atoms with Gasteiger partial charge in [0.2, 0.25) is 5.88 Å². The maximum Gasteiger partial charge on any atom is 0.322 e. The summed E-state index contributed by atoms with van der Waals surface area (Å²) >= 11 is 5.52. The van der Waals surface area contributed by atoms with E-state index in [-0.39, 0.29) is 30.1 Å². The van der Waals surface area contributed by atoms with E-state index in [1.54, 1.807) is 18.1 Å². The van der Waals surface area contributed by atoms with Crippen molar-refractivity contribution in [2.45, 2.75) is 18.9 Å². The molecule has 2 aromatic heterocycles. The van der Waals surface area contributed by atoms with Gasteiger partial charge in [-0.25, -0.2) is 0 Å². The number of nitrogens with zero attached hydrogens (tertiary/aromatic N) is 4. The number of aryl methyl sites for hydroxylation is 1. The number of hydrogen-bond donors (Lipinski definition) is 3. The molecule has 0 saturated carbocycles. The lowest BCUT2D eigenvalue weighted by molar-refractivity contribution is -0.134. The number of anilines is 1. The minimum atomic E-state index is -0.997. The van der Waals surface area contributed by atoms with Crippen LogP contribution in [0.5, 0.6) is 5.88 Å². The Morgan fingerprint density at radius 2 is 2.20 bits per heavy atom. The summed E-state index contributed by atoms with van der Waals surface area (Å²) in [5.41, 5.74) is 1.57. The van der Waals surface area contributed by atoms with E-state index in [1.165, 1.54) is 18.4 Å². The van der Waals surface area contributed by atoms with Crippen LogP contribution in [0.2, 0.25) is 0 Å². The molecule has 1 unspecified atom stereocenters. The maximum atomic E-state index is 12.8. The Balaban J connectivity index is 1.88. The first-order valence-corrected chi connectivity index (χ1v) is 10.7. The van der Waals surface area contributed by atoms with Gasteiger partial charge in [0.15, 0.2) is 10.7 Å². The fourth-order valence-electron chi connectivity index (χ4n) is 3.11. The summed E-state index contributed by atoms with van der Waals surface area (Å²) in [5, 5.41) is 21.1. The molecule has 1 amide bonds. The van der Waals surface area contributed by atoms with Crippen LogP contribution in [0.4, 0.5) is 5.00 Å². The molecule has 3 rings (SSSR count). The summed E-state index contributed by atoms with van der Waals surface area (Å²) in [6.45, 7) is 0.882. The first kappa shape index (κ1) is 22.2. The molecular formula is C18H23N5O5S2. The lowest BCUT2D eigenvalue weighted by Gasteiger charge is -2.16. The van der Waals surface area contributed by atoms with Gasteiger partial charge in [-0.05, 0) is 30.2 Å². The largest absolute Gasteiger partial charge is 0.480 e. The lowest BCUT2D eigenvalue weighted by atomic mass is 10.1. The Labute approximate surface area is 183 Å². The molecular weight excluding hydrogens is 430 g/mol. The fraction of sp³-hybridized carbons (Fsp3) is 0.500. The first-order valence-electron chi connectivity index (χ1n) is 9.27. The van der Waals surface area contributed by atoms with Crippen LogP contribution >= 0.6 is 24.0 Å². The van der Waals surface area contributed by atoms with Crippen LogP contribution in [0, 0.1) is 0 Å². The number of aromatic nitrogens is 3. The molecule has 12 heteroatoms. The Morgan fingerprint density at radius 1 is 1.40 bits per heavy atom. The molecule has 0 aliphatic carbocycles. The van der Waals surface area contributed by atoms with Gasteiger partial charge in [-0.3, -0.25) is 9.59 Å². The number of likely N-dealkylation sites (tertiary alicyclic amines) is 1. The number of carbonyl (C=O) groups is 2. The predicted octanol–water partition coefficient (Wildman–Crippen LogP) is 1.44. The second kappa shape index (κ2) is 10.0. The minimum Gasteiger partial charge on any atom is -0.480 e. The van der Waals surface area contributed by atoms with E-state index in [0.717, 1.165) is 12.0 Å². The standard InChI is InChI=1S/C18H23N5O5S2/c1-27-11-3-5-23(9-11)18(26)12-7-10(4-6-29)14(22-21-12)16-20-15(28-2)17(30-16)19-8-13(24)25/h7,11,19,29H,3-6,8-9H2,1-2H3,(H,24,25). The minimum absolute atomic E-state index is 0.0394. The van der Waals surface area contributed by atoms with Gasteiger partial charge in [0.25, 0.3) is 5.91 Å². The molecule has 0 spiro atoms. The molecule has 0 aromatic carbocycles. The normalized spacial score (nSPS) is 16.0. The van der Waals surface area contributed by atoms with Crippen molar-refractivity contribution in [1.82, 2.24) is 20.1 Å². The average molecular weight is 454 g/mol. The van der Waals surface area contributed by atoms with E-state index in [2.05, 4.69) is 33.1 Å². The van der Waals surface area contributed by atoms with E-state index in [9.17, 15) is 9.59 Å². The van der Waals surface area contributed by atoms with Gasteiger partial charge in [0.05, 0.1) is 13.2 Å². The summed E-state index contributed by atoms with van der Waals surface area (Å²) in [5.74, 6) is -0.357. The van der Waals surface area contributed by atoms with E-state index < -0.39 is 5.97 Å². The van der Waals surface area contributed by atoms with Crippen molar-refractivity contribution in [3.63, 3.8) is 0 Å². The van der Waals surface area contributed by atoms with Gasteiger partial charge in [0.1, 0.15) is 17.2 Å². The Bertz CT molecular complexity index is 922. The third kappa shape index (κ3) is 4.99. The van der Waals surface area contributed by atoms with E-state index >= 15 is 0 Å². The number of carboxylic acids is 1. The Kier molecular flexibility index (Phi) is 7.45. The van der Waals surface area contributed by atoms with Crippen LogP contribution in [0.1, 0.15) is 22.5 Å². The van der Waals surface area contributed by atoms with Crippen LogP contribution in [0.15, 0.2) is 6.07 Å². The molecule has 1 atom stereocenters. The van der Waals surface area contributed by atoms with Crippen LogP contribution in [0.3, 0.4) is 0 Å². The van der Waals surface area contributed by atoms with Crippen molar-refractivity contribution in [2.75, 3.05) is 44.9 Å². The summed E-state index contributed by atoms with van der Waals surface area (Å²) in [6.07, 6.45) is 1.40. The van der Waals surface area contributed by atoms with Gasteiger partial charge in [0, 0.05) is 20.2 Å². The smallest absolute Gasteiger partial charge is 0.322 e. The molecule has 1 saturated heterocycles. The van der Waals surface area contributed by atoms with Crippen LogP contribution in [-0.4, -0.2) is 82.8 Å². The average Bonchev–Trinajstić information content (AvgIpc) is 3.38. The highest BCUT2D eigenvalue weighted by molar-refractivity contribution is 7.80. The number of aliphatic carboxylic acids is 1. The summed E-state index contributed by atoms with van der Waals surface area (Å²) in [7, 11) is 3.09. The molecule has 2 aromatic rings. The van der Waals surface area contributed by atoms with E-state index in [4.69, 9.17) is 14.6 Å². The van der Waals surface area contributed by atoms with E-state index in [1.807, 2.05) is 0 Å². The van der Waals surface area contributed by atoms with Crippen molar-refractivity contribution in [1.29, 1.82) is 0 Å². The number of thiazole rings is 1. The SMILES string of the molecule is COc1nc(-c2nnc(C(=O)N3CCC(OC)C3)cc2CCS)sc1NCC(=O)O. The first-order chi connectivity index (χ1) is 14.5. The van der Waals surface area contributed by atoms with Crippen LogP contribution in [0.25, 0.3) is 10.7 Å². The lowest BCUT2D eigenvalue weighted by Crippen LogP contribution is -2.31. The number of carboxylic acid groups (broad SMARTS) is 1. The number of nitrogens with one attached hydrogen (secondary N) is 1. The Morgan fingerprint density at radius 3 is 2.83 bits per heavy atom. The summed E-state index contributed by atoms with van der Waals surface area (Å²) < 4.78 is 10.6. The van der Waals surface area contributed by atoms with Crippen LogP contribution in [-0.2, 0) is 16.0 Å². The van der Waals surface area contributed by atoms with Crippen molar-refractivity contribution in [3.05, 3.63) is 17.3 Å². The molecule has 162 valence electrons. The Hall–Kier alpha value is -2.44. The topological polar surface area (TPSA) is 127 Å². The van der Waals surface area contributed by atoms with Crippen molar-refractivity contribution >= 4 is 40.8 Å². The molecule has 1 fully saturated rings. The van der Waals surface area contributed by atoms with Crippen molar-refractivity contribution < 1.29 is 24.2 Å². The molecule has 30 heavy (non-hydrogen) atoms. The monoisotopic (exact) mass is 453 g/mol. The quantitative estimate of drug-likeness (QED) is 0.483. The van der Waals surface area contributed by atoms with E-state index in [0.29, 0.717) is 41.0 Å². The molecule has 2 N–H and O–H groups in total. The zero-order valence-electron chi connectivity index (χ0n) is 16.6. The number of ether oxygens (including phenoxy) is 2. The number of methoxy groups -OCH3 is 2. The molecule has 1 aliphatic heterocycles. The van der Waals surface area contributed by atoms with Crippen molar-refractivity contribution in [3.8, 4) is 16.6 Å². The fourth-order valence-corrected chi connectivity index (χ4v) is 4.30. The summed E-state index contributed by atoms with van der Waals surface area (Å²) in [4.78, 5) is 29.8. The second-order valence-electron chi connectivity index (χ2n) is 6.58. The van der Waals surface area contributed by atoms with Crippen molar-refractivity contribution in [2.24, 2.45) is 0 Å². The maximum absolute atomic E-state index is 12.8.